The van der Waals surface area contributed by atoms with E-state index in [-0.39, 0.29) is 17.6 Å². The third-order valence-corrected chi connectivity index (χ3v) is 7.92. The first kappa shape index (κ1) is 24.9. The maximum absolute atomic E-state index is 14.3. The molecule has 1 saturated heterocycles. The molecule has 3 aromatic carbocycles. The van der Waals surface area contributed by atoms with E-state index >= 15 is 0 Å². The van der Waals surface area contributed by atoms with Crippen LogP contribution in [0.25, 0.3) is 0 Å². The summed E-state index contributed by atoms with van der Waals surface area (Å²) in [6.45, 7) is 1.92. The predicted molar refractivity (Wildman–Crippen MR) is 139 cm³/mol. The lowest BCUT2D eigenvalue weighted by Gasteiger charge is -2.33. The van der Waals surface area contributed by atoms with Gasteiger partial charge in [0, 0.05) is 17.4 Å². The molecule has 0 aromatic heterocycles. The fourth-order valence-electron chi connectivity index (χ4n) is 6.27. The molecule has 1 heterocycles. The SMILES string of the molecule is Cc1cccc(C(=O)C2C(c3ccc(F)cc3)C(C(N)=O)N(C(=O)C3CCCC3)C2c2ccccc2)c1. The number of nitrogens with two attached hydrogens (primary N) is 1. The normalized spacial score (nSPS) is 23.8. The number of carbonyl (C=O) groups is 3. The number of aryl methyl sites for hydroxylation is 1. The number of rotatable bonds is 6. The maximum Gasteiger partial charge on any atom is 0.240 e. The van der Waals surface area contributed by atoms with Crippen LogP contribution in [-0.2, 0) is 9.59 Å². The predicted octanol–water partition coefficient (Wildman–Crippen LogP) is 5.34. The Labute approximate surface area is 216 Å². The molecule has 0 bridgehead atoms. The number of primary amides is 1. The quantitative estimate of drug-likeness (QED) is 0.466. The van der Waals surface area contributed by atoms with Gasteiger partial charge in [-0.3, -0.25) is 14.4 Å². The second kappa shape index (κ2) is 10.3. The number of hydrogen-bond donors (Lipinski definition) is 1. The number of nitrogens with zero attached hydrogens (tertiary/aromatic N) is 1. The van der Waals surface area contributed by atoms with Crippen molar-refractivity contribution in [2.24, 2.45) is 17.6 Å². The van der Waals surface area contributed by atoms with Crippen molar-refractivity contribution < 1.29 is 18.8 Å². The minimum atomic E-state index is -1.04. The van der Waals surface area contributed by atoms with Gasteiger partial charge in [0.05, 0.1) is 12.0 Å². The Hall–Kier alpha value is -3.80. The minimum Gasteiger partial charge on any atom is -0.368 e. The summed E-state index contributed by atoms with van der Waals surface area (Å²) in [4.78, 5) is 43.2. The van der Waals surface area contributed by atoms with Crippen LogP contribution in [0.5, 0.6) is 0 Å². The van der Waals surface area contributed by atoms with Gasteiger partial charge in [-0.1, -0.05) is 79.1 Å². The van der Waals surface area contributed by atoms with Crippen molar-refractivity contribution in [3.8, 4) is 0 Å². The fourth-order valence-corrected chi connectivity index (χ4v) is 6.27. The van der Waals surface area contributed by atoms with Crippen LogP contribution in [0.1, 0.15) is 64.7 Å². The highest BCUT2D eigenvalue weighted by molar-refractivity contribution is 6.02. The lowest BCUT2D eigenvalue weighted by Crippen LogP contribution is -2.48. The molecule has 6 heteroatoms. The smallest absolute Gasteiger partial charge is 0.240 e. The Kier molecular flexibility index (Phi) is 6.92. The number of amides is 2. The molecule has 3 aromatic rings. The Morgan fingerprint density at radius 2 is 1.54 bits per heavy atom. The lowest BCUT2D eigenvalue weighted by molar-refractivity contribution is -0.143. The maximum atomic E-state index is 14.3. The van der Waals surface area contributed by atoms with Crippen LogP contribution in [0.15, 0.2) is 78.9 Å². The van der Waals surface area contributed by atoms with Crippen LogP contribution in [0, 0.1) is 24.6 Å². The van der Waals surface area contributed by atoms with Crippen LogP contribution in [0.4, 0.5) is 4.39 Å². The molecule has 1 saturated carbocycles. The van der Waals surface area contributed by atoms with Crippen LogP contribution in [-0.4, -0.2) is 28.5 Å². The number of carbonyl (C=O) groups excluding carboxylic acids is 3. The summed E-state index contributed by atoms with van der Waals surface area (Å²) in [5, 5.41) is 0. The molecule has 37 heavy (non-hydrogen) atoms. The third kappa shape index (κ3) is 4.68. The zero-order valence-corrected chi connectivity index (χ0v) is 20.8. The number of hydrogen-bond acceptors (Lipinski definition) is 3. The molecule has 5 rings (SSSR count). The summed E-state index contributed by atoms with van der Waals surface area (Å²) in [6, 6.07) is 20.8. The Bertz CT molecular complexity index is 1300. The van der Waals surface area contributed by atoms with Crippen molar-refractivity contribution >= 4 is 17.6 Å². The molecule has 2 fully saturated rings. The summed E-state index contributed by atoms with van der Waals surface area (Å²) < 4.78 is 13.9. The second-order valence-corrected chi connectivity index (χ2v) is 10.3. The highest BCUT2D eigenvalue weighted by atomic mass is 19.1. The van der Waals surface area contributed by atoms with Crippen LogP contribution >= 0.6 is 0 Å². The van der Waals surface area contributed by atoms with Crippen molar-refractivity contribution in [3.05, 3.63) is 107 Å². The van der Waals surface area contributed by atoms with E-state index in [1.54, 1.807) is 23.1 Å². The molecule has 1 aliphatic carbocycles. The fraction of sp³-hybridized carbons (Fsp3) is 0.323. The average Bonchev–Trinajstić information content (AvgIpc) is 3.56. The van der Waals surface area contributed by atoms with Gasteiger partial charge in [-0.15, -0.1) is 0 Å². The van der Waals surface area contributed by atoms with E-state index in [1.807, 2.05) is 55.5 Å². The zero-order valence-electron chi connectivity index (χ0n) is 20.8. The monoisotopic (exact) mass is 498 g/mol. The second-order valence-electron chi connectivity index (χ2n) is 10.3. The van der Waals surface area contributed by atoms with Crippen LogP contribution in [0.2, 0.25) is 0 Å². The molecule has 2 amide bonds. The molecular weight excluding hydrogens is 467 g/mol. The van der Waals surface area contributed by atoms with Gasteiger partial charge in [-0.05, 0) is 49.1 Å². The number of halogens is 1. The lowest BCUT2D eigenvalue weighted by atomic mass is 9.76. The Balaban J connectivity index is 1.74. The highest BCUT2D eigenvalue weighted by Crippen LogP contribution is 2.52. The van der Waals surface area contributed by atoms with Gasteiger partial charge in [0.15, 0.2) is 5.78 Å². The van der Waals surface area contributed by atoms with Gasteiger partial charge in [0.1, 0.15) is 11.9 Å². The van der Waals surface area contributed by atoms with E-state index in [0.717, 1.165) is 36.8 Å². The number of benzene rings is 3. The van der Waals surface area contributed by atoms with E-state index in [0.29, 0.717) is 11.1 Å². The third-order valence-electron chi connectivity index (χ3n) is 7.92. The van der Waals surface area contributed by atoms with Crippen molar-refractivity contribution in [1.29, 1.82) is 0 Å². The van der Waals surface area contributed by atoms with E-state index in [1.165, 1.54) is 12.1 Å². The van der Waals surface area contributed by atoms with Gasteiger partial charge in [0.2, 0.25) is 11.8 Å². The molecule has 1 aliphatic heterocycles. The van der Waals surface area contributed by atoms with Crippen LogP contribution < -0.4 is 5.73 Å². The number of ketones is 1. The molecule has 4 unspecified atom stereocenters. The Morgan fingerprint density at radius 1 is 0.865 bits per heavy atom. The van der Waals surface area contributed by atoms with Crippen molar-refractivity contribution in [2.45, 2.75) is 50.6 Å². The standard InChI is InChI=1S/C31H31FN2O3/c1-19-8-7-13-23(18-19)29(35)26-25(20-14-16-24(32)17-15-20)28(30(33)36)34(31(37)22-11-5-6-12-22)27(26)21-9-3-2-4-10-21/h2-4,7-10,13-18,22,25-28H,5-6,11-12H2,1H3,(H2,33,36). The molecule has 0 radical (unpaired) electrons. The van der Waals surface area contributed by atoms with Gasteiger partial charge in [-0.25, -0.2) is 4.39 Å². The van der Waals surface area contributed by atoms with Crippen molar-refractivity contribution in [2.75, 3.05) is 0 Å². The number of Topliss-reactive ketones (excluding diaryl/α,β-unsaturated/α-hetero) is 1. The van der Waals surface area contributed by atoms with Crippen molar-refractivity contribution in [1.82, 2.24) is 4.90 Å². The van der Waals surface area contributed by atoms with Crippen molar-refractivity contribution in [3.63, 3.8) is 0 Å². The number of likely N-dealkylation sites (tertiary alicyclic amines) is 1. The van der Waals surface area contributed by atoms with Gasteiger partial charge < -0.3 is 10.6 Å². The Morgan fingerprint density at radius 3 is 2.16 bits per heavy atom. The summed E-state index contributed by atoms with van der Waals surface area (Å²) in [6.07, 6.45) is 3.41. The summed E-state index contributed by atoms with van der Waals surface area (Å²) in [5.41, 5.74) is 8.86. The molecule has 4 atom stereocenters. The molecule has 5 nitrogen and oxygen atoms in total. The van der Waals surface area contributed by atoms with Crippen LogP contribution in [0.3, 0.4) is 0 Å². The molecule has 0 spiro atoms. The first-order valence-electron chi connectivity index (χ1n) is 12.9. The summed E-state index contributed by atoms with van der Waals surface area (Å²) in [5.74, 6) is -3.10. The molecule has 2 N–H and O–H groups in total. The molecular formula is C31H31FN2O3. The topological polar surface area (TPSA) is 80.5 Å². The van der Waals surface area contributed by atoms with E-state index in [9.17, 15) is 18.8 Å². The van der Waals surface area contributed by atoms with Gasteiger partial charge in [0.25, 0.3) is 0 Å². The first-order chi connectivity index (χ1) is 17.9. The largest absolute Gasteiger partial charge is 0.368 e. The first-order valence-corrected chi connectivity index (χ1v) is 12.9. The average molecular weight is 499 g/mol. The molecule has 2 aliphatic rings. The minimum absolute atomic E-state index is 0.137. The zero-order chi connectivity index (χ0) is 26.1. The van der Waals surface area contributed by atoms with Gasteiger partial charge in [-0.2, -0.15) is 0 Å². The van der Waals surface area contributed by atoms with E-state index in [2.05, 4.69) is 0 Å². The van der Waals surface area contributed by atoms with E-state index < -0.39 is 35.6 Å². The summed E-state index contributed by atoms with van der Waals surface area (Å²) in [7, 11) is 0. The van der Waals surface area contributed by atoms with Gasteiger partial charge >= 0.3 is 0 Å². The summed E-state index contributed by atoms with van der Waals surface area (Å²) >= 11 is 0. The molecule has 190 valence electrons. The van der Waals surface area contributed by atoms with E-state index in [4.69, 9.17) is 5.73 Å². The highest BCUT2D eigenvalue weighted by Gasteiger charge is 2.57.